The lowest BCUT2D eigenvalue weighted by Crippen LogP contribution is -1.80. The van der Waals surface area contributed by atoms with Crippen molar-refractivity contribution in [3.05, 3.63) is 272 Å². The number of hydrogen-bond donors (Lipinski definition) is 10. The first-order valence-corrected chi connectivity index (χ1v) is 19.8. The Balaban J connectivity index is 0.000000366. The molecule has 0 saturated carbocycles. The molecule has 9 aromatic carbocycles. The van der Waals surface area contributed by atoms with E-state index < -0.39 is 0 Å². The van der Waals surface area contributed by atoms with E-state index in [2.05, 4.69) is 0 Å². The number of phenols is 9. The molecule has 0 saturated heterocycles. The van der Waals surface area contributed by atoms with E-state index in [4.69, 9.17) is 51.1 Å². The van der Waals surface area contributed by atoms with Crippen molar-refractivity contribution in [1.82, 2.24) is 0 Å². The maximum absolute atomic E-state index is 8.95. The van der Waals surface area contributed by atoms with E-state index in [1.54, 1.807) is 218 Å². The van der Waals surface area contributed by atoms with Crippen molar-refractivity contribution in [1.29, 1.82) is 0 Å². The van der Waals surface area contributed by atoms with E-state index in [-0.39, 0.29) is 12.4 Å². The first-order chi connectivity index (χ1) is 31.5. The van der Waals surface area contributed by atoms with Crippen molar-refractivity contribution in [2.45, 2.75) is 6.61 Å². The molecular weight excluding hydrogens is 821 g/mol. The number of para-hydroxylation sites is 9. The smallest absolute Gasteiger partial charge is 0.121 e. The Labute approximate surface area is 380 Å². The highest BCUT2D eigenvalue weighted by atomic mass is 16.3. The second kappa shape index (κ2) is 36.9. The lowest BCUT2D eigenvalue weighted by Gasteiger charge is -1.96. The summed E-state index contributed by atoms with van der Waals surface area (Å²) in [5.74, 6) is 2.73. The van der Waals surface area contributed by atoms with Gasteiger partial charge in [-0.1, -0.05) is 164 Å². The molecule has 0 unspecified atom stereocenters. The van der Waals surface area contributed by atoms with E-state index in [1.807, 2.05) is 48.5 Å². The van der Waals surface area contributed by atoms with Crippen molar-refractivity contribution in [3.63, 3.8) is 0 Å². The lowest BCUT2D eigenvalue weighted by atomic mass is 10.2. The van der Waals surface area contributed by atoms with Gasteiger partial charge in [0.15, 0.2) is 0 Å². The Morgan fingerprint density at radius 2 is 0.323 bits per heavy atom. The molecule has 0 aromatic heterocycles. The largest absolute Gasteiger partial charge is 0.508 e. The molecule has 10 heteroatoms. The highest BCUT2D eigenvalue weighted by Gasteiger charge is 1.93. The van der Waals surface area contributed by atoms with Crippen LogP contribution < -0.4 is 0 Å². The monoisotopic (exact) mass is 876 g/mol. The Hall–Kier alpha value is -8.86. The van der Waals surface area contributed by atoms with Crippen LogP contribution in [0.25, 0.3) is 0 Å². The molecule has 336 valence electrons. The van der Waals surface area contributed by atoms with Crippen LogP contribution in [0.15, 0.2) is 267 Å². The summed E-state index contributed by atoms with van der Waals surface area (Å²) in [4.78, 5) is 0. The minimum atomic E-state index is -0.104. The number of rotatable bonds is 1. The Morgan fingerprint density at radius 1 is 0.185 bits per heavy atom. The SMILES string of the molecule is OCc1ccccc1O.Oc1ccccc1.Oc1ccccc1.Oc1ccccc1.Oc1ccccc1.Oc1ccccc1.Oc1ccccc1.Oc1ccccc1.Oc1ccccc1. The fourth-order valence-corrected chi connectivity index (χ4v) is 4.07. The fraction of sp³-hybridized carbons (Fsp3) is 0.0182. The van der Waals surface area contributed by atoms with E-state index >= 15 is 0 Å². The normalized spacial score (nSPS) is 8.69. The van der Waals surface area contributed by atoms with Gasteiger partial charge in [-0.05, 0) is 103 Å². The van der Waals surface area contributed by atoms with Gasteiger partial charge in [0.25, 0.3) is 0 Å². The molecule has 0 radical (unpaired) electrons. The lowest BCUT2D eigenvalue weighted by molar-refractivity contribution is 0.275. The Kier molecular flexibility index (Phi) is 30.8. The quantitative estimate of drug-likeness (QED) is 0.0756. The zero-order chi connectivity index (χ0) is 47.6. The van der Waals surface area contributed by atoms with Crippen LogP contribution in [0.4, 0.5) is 0 Å². The van der Waals surface area contributed by atoms with Gasteiger partial charge in [-0.2, -0.15) is 0 Å². The molecule has 9 aromatic rings. The van der Waals surface area contributed by atoms with Crippen LogP contribution >= 0.6 is 0 Å². The predicted molar refractivity (Wildman–Crippen MR) is 259 cm³/mol. The molecule has 0 fully saturated rings. The van der Waals surface area contributed by atoms with E-state index in [0.717, 1.165) is 0 Å². The van der Waals surface area contributed by atoms with Gasteiger partial charge in [-0.25, -0.2) is 0 Å². The standard InChI is InChI=1S/C7H8O2.8C6H6O/c8-5-6-3-1-2-4-7(6)9;8*7-6-4-2-1-3-5-6/h1-4,8-9H,5H2;8*1-5,7H. The van der Waals surface area contributed by atoms with Crippen LogP contribution in [0.2, 0.25) is 0 Å². The van der Waals surface area contributed by atoms with Gasteiger partial charge in [-0.3, -0.25) is 0 Å². The Morgan fingerprint density at radius 3 is 0.415 bits per heavy atom. The van der Waals surface area contributed by atoms with Crippen LogP contribution in [-0.2, 0) is 6.61 Å². The van der Waals surface area contributed by atoms with Gasteiger partial charge in [0.05, 0.1) is 6.61 Å². The Bertz CT molecular complexity index is 1910. The third-order valence-electron chi connectivity index (χ3n) is 7.21. The molecule has 10 nitrogen and oxygen atoms in total. The molecule has 0 atom stereocenters. The van der Waals surface area contributed by atoms with E-state index in [0.29, 0.717) is 51.6 Å². The second-order valence-electron chi connectivity index (χ2n) is 12.5. The summed E-state index contributed by atoms with van der Waals surface area (Å²) in [5.41, 5.74) is 0.567. The molecule has 0 amide bonds. The highest BCUT2D eigenvalue weighted by molar-refractivity contribution is 5.31. The molecule has 0 aliphatic heterocycles. The minimum absolute atomic E-state index is 0.104. The number of benzene rings is 9. The van der Waals surface area contributed by atoms with Crippen molar-refractivity contribution in [2.24, 2.45) is 0 Å². The van der Waals surface area contributed by atoms with Crippen LogP contribution in [0, 0.1) is 0 Å². The van der Waals surface area contributed by atoms with Crippen LogP contribution in [0.5, 0.6) is 51.7 Å². The molecule has 0 heterocycles. The van der Waals surface area contributed by atoms with Crippen LogP contribution in [0.3, 0.4) is 0 Å². The maximum Gasteiger partial charge on any atom is 0.121 e. The summed E-state index contributed by atoms with van der Waals surface area (Å²) < 4.78 is 0. The molecule has 10 N–H and O–H groups in total. The summed E-state index contributed by atoms with van der Waals surface area (Å²) >= 11 is 0. The summed E-state index contributed by atoms with van der Waals surface area (Å²) in [6.07, 6.45) is 0. The van der Waals surface area contributed by atoms with Gasteiger partial charge in [0.2, 0.25) is 0 Å². The zero-order valence-corrected chi connectivity index (χ0v) is 35.6. The predicted octanol–water partition coefficient (Wildman–Crippen LogP) is 12.0. The third-order valence-corrected chi connectivity index (χ3v) is 7.21. The number of hydrogen-bond acceptors (Lipinski definition) is 10. The van der Waals surface area contributed by atoms with Crippen molar-refractivity contribution in [2.75, 3.05) is 0 Å². The van der Waals surface area contributed by atoms with E-state index in [1.165, 1.54) is 0 Å². The molecule has 0 aliphatic rings. The van der Waals surface area contributed by atoms with Gasteiger partial charge in [0.1, 0.15) is 51.7 Å². The molecular formula is C55H56O10. The summed E-state index contributed by atoms with van der Waals surface area (Å²) in [6, 6.07) is 76.4. The second-order valence-corrected chi connectivity index (χ2v) is 12.5. The molecule has 65 heavy (non-hydrogen) atoms. The van der Waals surface area contributed by atoms with Crippen LogP contribution in [-0.4, -0.2) is 51.1 Å². The average molecular weight is 877 g/mol. The number of phenolic OH excluding ortho intramolecular Hbond substituents is 8. The van der Waals surface area contributed by atoms with Crippen LogP contribution in [0.1, 0.15) is 5.56 Å². The molecule has 0 aliphatic carbocycles. The fourth-order valence-electron chi connectivity index (χ4n) is 4.07. The van der Waals surface area contributed by atoms with Gasteiger partial charge in [0, 0.05) is 5.56 Å². The first kappa shape index (κ1) is 54.2. The van der Waals surface area contributed by atoms with Crippen molar-refractivity contribution >= 4 is 0 Å². The number of aromatic hydroxyl groups is 9. The average Bonchev–Trinajstić information content (AvgIpc) is 3.33. The first-order valence-electron chi connectivity index (χ1n) is 19.8. The van der Waals surface area contributed by atoms with Gasteiger partial charge < -0.3 is 51.1 Å². The number of aliphatic hydroxyl groups is 1. The van der Waals surface area contributed by atoms with Gasteiger partial charge in [-0.15, -0.1) is 0 Å². The summed E-state index contributed by atoms with van der Waals surface area (Å²) in [7, 11) is 0. The molecule has 0 bridgehead atoms. The number of aliphatic hydroxyl groups excluding tert-OH is 1. The third kappa shape index (κ3) is 33.5. The highest BCUT2D eigenvalue weighted by Crippen LogP contribution is 2.14. The minimum Gasteiger partial charge on any atom is -0.508 e. The topological polar surface area (TPSA) is 202 Å². The zero-order valence-electron chi connectivity index (χ0n) is 35.6. The summed E-state index contributed by atoms with van der Waals surface area (Å²) in [6.45, 7) is -0.104. The molecule has 9 rings (SSSR count). The van der Waals surface area contributed by atoms with Gasteiger partial charge >= 0.3 is 0 Å². The van der Waals surface area contributed by atoms with E-state index in [9.17, 15) is 0 Å². The summed E-state index contributed by atoms with van der Waals surface area (Å²) in [5, 5.41) is 86.6. The van der Waals surface area contributed by atoms with Crippen molar-refractivity contribution in [3.8, 4) is 51.7 Å². The maximum atomic E-state index is 8.95. The van der Waals surface area contributed by atoms with Crippen molar-refractivity contribution < 1.29 is 51.1 Å². The molecule has 0 spiro atoms.